The molecule has 0 atom stereocenters. The lowest BCUT2D eigenvalue weighted by Crippen LogP contribution is -2.14. The summed E-state index contributed by atoms with van der Waals surface area (Å²) in [7, 11) is 0. The number of amides is 1. The van der Waals surface area contributed by atoms with Gasteiger partial charge in [-0.25, -0.2) is 4.79 Å². The molecule has 0 spiro atoms. The predicted molar refractivity (Wildman–Crippen MR) is 93.0 cm³/mol. The van der Waals surface area contributed by atoms with Crippen LogP contribution in [0.5, 0.6) is 5.75 Å². The van der Waals surface area contributed by atoms with Gasteiger partial charge in [0.2, 0.25) is 0 Å². The van der Waals surface area contributed by atoms with E-state index in [1.54, 1.807) is 42.5 Å². The highest BCUT2D eigenvalue weighted by Crippen LogP contribution is 2.21. The topological polar surface area (TPSA) is 99.4 Å². The second-order valence-electron chi connectivity index (χ2n) is 5.21. The SMILES string of the molecule is Cc1cccc(NC(=O)/C(C#N)=C\c2ccccc2OCC(=O)O)c1. The van der Waals surface area contributed by atoms with E-state index in [1.807, 2.05) is 19.1 Å². The molecule has 2 N–H and O–H groups in total. The number of nitriles is 1. The molecule has 0 unspecified atom stereocenters. The Labute approximate surface area is 145 Å². The number of ether oxygens (including phenoxy) is 1. The summed E-state index contributed by atoms with van der Waals surface area (Å²) in [4.78, 5) is 22.9. The minimum atomic E-state index is -1.11. The lowest BCUT2D eigenvalue weighted by molar-refractivity contribution is -0.139. The molecule has 0 saturated carbocycles. The fourth-order valence-corrected chi connectivity index (χ4v) is 2.10. The number of aliphatic carboxylic acids is 1. The van der Waals surface area contributed by atoms with Gasteiger partial charge in [0.1, 0.15) is 17.4 Å². The first kappa shape index (κ1) is 17.8. The van der Waals surface area contributed by atoms with Crippen LogP contribution in [0.25, 0.3) is 6.08 Å². The number of benzene rings is 2. The summed E-state index contributed by atoms with van der Waals surface area (Å²) in [6.45, 7) is 1.38. The number of hydrogen-bond donors (Lipinski definition) is 2. The molecule has 0 aliphatic heterocycles. The Balaban J connectivity index is 2.23. The van der Waals surface area contributed by atoms with Gasteiger partial charge in [0.15, 0.2) is 6.61 Å². The minimum absolute atomic E-state index is 0.118. The molecule has 0 fully saturated rings. The van der Waals surface area contributed by atoms with Crippen molar-refractivity contribution >= 4 is 23.6 Å². The molecule has 2 rings (SSSR count). The molecule has 1 amide bonds. The van der Waals surface area contributed by atoms with Crippen molar-refractivity contribution in [2.75, 3.05) is 11.9 Å². The fourth-order valence-electron chi connectivity index (χ4n) is 2.10. The Hall–Kier alpha value is -3.59. The summed E-state index contributed by atoms with van der Waals surface area (Å²) in [6, 6.07) is 15.6. The van der Waals surface area contributed by atoms with Crippen molar-refractivity contribution in [3.8, 4) is 11.8 Å². The summed E-state index contributed by atoms with van der Waals surface area (Å²) < 4.78 is 5.17. The number of carbonyl (C=O) groups is 2. The van der Waals surface area contributed by atoms with Crippen molar-refractivity contribution < 1.29 is 19.4 Å². The van der Waals surface area contributed by atoms with E-state index in [1.165, 1.54) is 6.08 Å². The second kappa shape index (κ2) is 8.31. The summed E-state index contributed by atoms with van der Waals surface area (Å²) in [5.74, 6) is -1.39. The van der Waals surface area contributed by atoms with Crippen LogP contribution in [0.2, 0.25) is 0 Å². The van der Waals surface area contributed by atoms with Gasteiger partial charge in [0.25, 0.3) is 5.91 Å². The lowest BCUT2D eigenvalue weighted by Gasteiger charge is -2.08. The molecule has 0 aromatic heterocycles. The molecule has 2 aromatic carbocycles. The Kier molecular flexibility index (Phi) is 5.91. The number of aryl methyl sites for hydroxylation is 1. The maximum Gasteiger partial charge on any atom is 0.341 e. The highest BCUT2D eigenvalue weighted by molar-refractivity contribution is 6.09. The molecule has 0 heterocycles. The average Bonchev–Trinajstić information content (AvgIpc) is 2.58. The largest absolute Gasteiger partial charge is 0.481 e. The third-order valence-corrected chi connectivity index (χ3v) is 3.21. The number of anilines is 1. The highest BCUT2D eigenvalue weighted by atomic mass is 16.5. The van der Waals surface area contributed by atoms with Crippen molar-refractivity contribution in [3.63, 3.8) is 0 Å². The van der Waals surface area contributed by atoms with Gasteiger partial charge in [-0.2, -0.15) is 5.26 Å². The van der Waals surface area contributed by atoms with Crippen molar-refractivity contribution in [2.45, 2.75) is 6.92 Å². The Morgan fingerprint density at radius 1 is 1.24 bits per heavy atom. The van der Waals surface area contributed by atoms with Gasteiger partial charge in [-0.3, -0.25) is 4.79 Å². The van der Waals surface area contributed by atoms with Crippen LogP contribution in [0, 0.1) is 18.3 Å². The predicted octanol–water partition coefficient (Wildman–Crippen LogP) is 3.00. The molecular formula is C19H16N2O4. The molecule has 0 radical (unpaired) electrons. The monoisotopic (exact) mass is 336 g/mol. The van der Waals surface area contributed by atoms with Crippen molar-refractivity contribution in [1.29, 1.82) is 5.26 Å². The number of nitrogens with zero attached hydrogens (tertiary/aromatic N) is 1. The second-order valence-corrected chi connectivity index (χ2v) is 5.21. The standard InChI is InChI=1S/C19H16N2O4/c1-13-5-4-7-16(9-13)21-19(24)15(11-20)10-14-6-2-3-8-17(14)25-12-18(22)23/h2-10H,12H2,1H3,(H,21,24)(H,22,23)/b15-10-. The average molecular weight is 336 g/mol. The summed E-state index contributed by atoms with van der Waals surface area (Å²) >= 11 is 0. The summed E-state index contributed by atoms with van der Waals surface area (Å²) in [5.41, 5.74) is 1.89. The zero-order chi connectivity index (χ0) is 18.2. The Morgan fingerprint density at radius 2 is 2.00 bits per heavy atom. The first-order chi connectivity index (χ1) is 12.0. The van der Waals surface area contributed by atoms with Gasteiger partial charge in [-0.05, 0) is 36.8 Å². The lowest BCUT2D eigenvalue weighted by atomic mass is 10.1. The normalized spacial score (nSPS) is 10.6. The van der Waals surface area contributed by atoms with Gasteiger partial charge < -0.3 is 15.2 Å². The molecule has 126 valence electrons. The molecule has 0 aliphatic rings. The molecule has 25 heavy (non-hydrogen) atoms. The number of para-hydroxylation sites is 1. The summed E-state index contributed by atoms with van der Waals surface area (Å²) in [6.07, 6.45) is 1.36. The first-order valence-electron chi connectivity index (χ1n) is 7.43. The molecule has 6 heteroatoms. The van der Waals surface area contributed by atoms with E-state index in [0.717, 1.165) is 5.56 Å². The van der Waals surface area contributed by atoms with Gasteiger partial charge in [0.05, 0.1) is 0 Å². The van der Waals surface area contributed by atoms with E-state index < -0.39 is 18.5 Å². The van der Waals surface area contributed by atoms with Crippen molar-refractivity contribution in [2.24, 2.45) is 0 Å². The van der Waals surface area contributed by atoms with Crippen LogP contribution in [0.4, 0.5) is 5.69 Å². The van der Waals surface area contributed by atoms with Gasteiger partial charge >= 0.3 is 5.97 Å². The zero-order valence-corrected chi connectivity index (χ0v) is 13.5. The number of hydrogen-bond acceptors (Lipinski definition) is 4. The Bertz CT molecular complexity index is 866. The number of carboxylic acid groups (broad SMARTS) is 1. The van der Waals surface area contributed by atoms with Crippen LogP contribution >= 0.6 is 0 Å². The maximum atomic E-state index is 12.3. The molecule has 2 aromatic rings. The number of carbonyl (C=O) groups excluding carboxylic acids is 1. The van der Waals surface area contributed by atoms with Gasteiger partial charge in [-0.15, -0.1) is 0 Å². The number of carboxylic acids is 1. The van der Waals surface area contributed by atoms with Crippen LogP contribution in [-0.2, 0) is 9.59 Å². The minimum Gasteiger partial charge on any atom is -0.481 e. The van der Waals surface area contributed by atoms with Gasteiger partial charge in [0, 0.05) is 11.3 Å². The molecule has 0 bridgehead atoms. The van der Waals surface area contributed by atoms with E-state index >= 15 is 0 Å². The first-order valence-corrected chi connectivity index (χ1v) is 7.43. The maximum absolute atomic E-state index is 12.3. The summed E-state index contributed by atoms with van der Waals surface area (Å²) in [5, 5.41) is 20.7. The van der Waals surface area contributed by atoms with E-state index in [4.69, 9.17) is 9.84 Å². The van der Waals surface area contributed by atoms with E-state index in [9.17, 15) is 14.9 Å². The molecular weight excluding hydrogens is 320 g/mol. The Morgan fingerprint density at radius 3 is 2.68 bits per heavy atom. The van der Waals surface area contributed by atoms with Crippen molar-refractivity contribution in [3.05, 3.63) is 65.2 Å². The third-order valence-electron chi connectivity index (χ3n) is 3.21. The molecule has 0 aliphatic carbocycles. The van der Waals surface area contributed by atoms with Crippen LogP contribution in [0.15, 0.2) is 54.1 Å². The highest BCUT2D eigenvalue weighted by Gasteiger charge is 2.12. The van der Waals surface area contributed by atoms with E-state index in [-0.39, 0.29) is 11.3 Å². The number of nitrogens with one attached hydrogen (secondary N) is 1. The fraction of sp³-hybridized carbons (Fsp3) is 0.105. The van der Waals surface area contributed by atoms with E-state index in [2.05, 4.69) is 5.32 Å². The van der Waals surface area contributed by atoms with Crippen LogP contribution in [0.1, 0.15) is 11.1 Å². The number of rotatable bonds is 6. The quantitative estimate of drug-likeness (QED) is 0.624. The van der Waals surface area contributed by atoms with E-state index in [0.29, 0.717) is 11.3 Å². The molecule has 6 nitrogen and oxygen atoms in total. The van der Waals surface area contributed by atoms with Crippen molar-refractivity contribution in [1.82, 2.24) is 0 Å². The van der Waals surface area contributed by atoms with Crippen LogP contribution < -0.4 is 10.1 Å². The van der Waals surface area contributed by atoms with Crippen LogP contribution in [-0.4, -0.2) is 23.6 Å². The van der Waals surface area contributed by atoms with Gasteiger partial charge in [-0.1, -0.05) is 30.3 Å². The van der Waals surface area contributed by atoms with Crippen LogP contribution in [0.3, 0.4) is 0 Å². The zero-order valence-electron chi connectivity index (χ0n) is 13.5. The smallest absolute Gasteiger partial charge is 0.341 e. The molecule has 0 saturated heterocycles. The third kappa shape index (κ3) is 5.22.